The zero-order valence-corrected chi connectivity index (χ0v) is 15.0. The largest absolute Gasteiger partial charge is 0.396 e. The summed E-state index contributed by atoms with van der Waals surface area (Å²) in [5.41, 5.74) is 1.47. The summed E-state index contributed by atoms with van der Waals surface area (Å²) in [7, 11) is 0. The van der Waals surface area contributed by atoms with Gasteiger partial charge < -0.3 is 10.4 Å². The number of hydrogen-bond donors (Lipinski definition) is 2. The van der Waals surface area contributed by atoms with Crippen molar-refractivity contribution >= 4 is 31.9 Å². The molecule has 1 aromatic carbocycles. The van der Waals surface area contributed by atoms with Crippen LogP contribution in [0.25, 0.3) is 0 Å². The maximum Gasteiger partial charge on any atom is 0.0431 e. The topological polar surface area (TPSA) is 32.3 Å². The van der Waals surface area contributed by atoms with Gasteiger partial charge in [-0.05, 0) is 42.9 Å². The van der Waals surface area contributed by atoms with Crippen LogP contribution in [-0.4, -0.2) is 18.3 Å². The summed E-state index contributed by atoms with van der Waals surface area (Å²) in [6.07, 6.45) is 1.90. The highest BCUT2D eigenvalue weighted by atomic mass is 79.9. The van der Waals surface area contributed by atoms with Crippen molar-refractivity contribution in [1.29, 1.82) is 0 Å². The van der Waals surface area contributed by atoms with Crippen LogP contribution < -0.4 is 5.32 Å². The lowest BCUT2D eigenvalue weighted by Gasteiger charge is -2.27. The van der Waals surface area contributed by atoms with Crippen molar-refractivity contribution in [3.8, 4) is 0 Å². The maximum atomic E-state index is 8.92. The molecule has 2 nitrogen and oxygen atoms in total. The Hall–Kier alpha value is 0.1000. The molecule has 0 radical (unpaired) electrons. The summed E-state index contributed by atoms with van der Waals surface area (Å²) in [6.45, 7) is 7.86. The normalized spacial score (nSPS) is 13.6. The zero-order valence-electron chi connectivity index (χ0n) is 11.8. The molecule has 0 amide bonds. The highest BCUT2D eigenvalue weighted by molar-refractivity contribution is 9.11. The van der Waals surface area contributed by atoms with Gasteiger partial charge in [0.05, 0.1) is 0 Å². The van der Waals surface area contributed by atoms with Crippen molar-refractivity contribution in [2.45, 2.75) is 39.7 Å². The van der Waals surface area contributed by atoms with Gasteiger partial charge in [-0.1, -0.05) is 51.8 Å². The first kappa shape index (κ1) is 17.2. The van der Waals surface area contributed by atoms with Gasteiger partial charge in [0.25, 0.3) is 0 Å². The molecule has 2 N–H and O–H groups in total. The van der Waals surface area contributed by atoms with Gasteiger partial charge in [-0.2, -0.15) is 0 Å². The quantitative estimate of drug-likeness (QED) is 0.707. The minimum atomic E-state index is 0.207. The molecule has 1 atom stereocenters. The highest BCUT2D eigenvalue weighted by Gasteiger charge is 2.19. The van der Waals surface area contributed by atoms with Crippen LogP contribution in [0.3, 0.4) is 0 Å². The number of aliphatic hydroxyl groups is 1. The summed E-state index contributed by atoms with van der Waals surface area (Å²) in [6, 6.07) is 6.57. The van der Waals surface area contributed by atoms with Crippen LogP contribution in [0.5, 0.6) is 0 Å². The third-order valence-electron chi connectivity index (χ3n) is 3.33. The van der Waals surface area contributed by atoms with Crippen LogP contribution in [0, 0.1) is 5.41 Å². The van der Waals surface area contributed by atoms with Gasteiger partial charge >= 0.3 is 0 Å². The van der Waals surface area contributed by atoms with Crippen molar-refractivity contribution in [2.75, 3.05) is 13.2 Å². The van der Waals surface area contributed by atoms with Gasteiger partial charge in [0.1, 0.15) is 0 Å². The minimum absolute atomic E-state index is 0.207. The maximum absolute atomic E-state index is 8.92. The molecule has 0 saturated heterocycles. The van der Waals surface area contributed by atoms with Gasteiger partial charge in [0.2, 0.25) is 0 Å². The Bertz CT molecular complexity index is 407. The van der Waals surface area contributed by atoms with E-state index in [2.05, 4.69) is 76.1 Å². The Labute approximate surface area is 133 Å². The van der Waals surface area contributed by atoms with E-state index in [1.807, 2.05) is 0 Å². The molecular weight excluding hydrogens is 370 g/mol. The van der Waals surface area contributed by atoms with Crippen LogP contribution >= 0.6 is 31.9 Å². The number of nitrogens with one attached hydrogen (secondary N) is 1. The lowest BCUT2D eigenvalue weighted by Crippen LogP contribution is -2.31. The predicted octanol–water partition coefficient (Wildman–Crippen LogP) is 4.66. The molecule has 0 fully saturated rings. The van der Waals surface area contributed by atoms with E-state index in [-0.39, 0.29) is 12.0 Å². The standard InChI is InChI=1S/C15H23Br2NO/c1-11(13-6-5-12(16)9-14(13)17)18-10-15(2,3)7-4-8-19/h5-6,9,11,18-19H,4,7-8,10H2,1-3H3. The van der Waals surface area contributed by atoms with Crippen molar-refractivity contribution in [3.63, 3.8) is 0 Å². The SMILES string of the molecule is CC(NCC(C)(C)CCCO)c1ccc(Br)cc1Br. The van der Waals surface area contributed by atoms with E-state index >= 15 is 0 Å². The molecule has 0 spiro atoms. The monoisotopic (exact) mass is 391 g/mol. The van der Waals surface area contributed by atoms with Crippen molar-refractivity contribution in [2.24, 2.45) is 5.41 Å². The fourth-order valence-electron chi connectivity index (χ4n) is 2.04. The lowest BCUT2D eigenvalue weighted by molar-refractivity contribution is 0.233. The molecule has 1 unspecified atom stereocenters. The average Bonchev–Trinajstić information content (AvgIpc) is 2.34. The fraction of sp³-hybridized carbons (Fsp3) is 0.600. The van der Waals surface area contributed by atoms with Gasteiger partial charge in [-0.15, -0.1) is 0 Å². The average molecular weight is 393 g/mol. The Kier molecular flexibility index (Phi) is 7.01. The van der Waals surface area contributed by atoms with E-state index in [1.165, 1.54) is 5.56 Å². The number of hydrogen-bond acceptors (Lipinski definition) is 2. The highest BCUT2D eigenvalue weighted by Crippen LogP contribution is 2.28. The molecule has 0 bridgehead atoms. The molecule has 0 heterocycles. The Balaban J connectivity index is 2.57. The third-order valence-corrected chi connectivity index (χ3v) is 4.51. The van der Waals surface area contributed by atoms with E-state index in [9.17, 15) is 0 Å². The second-order valence-electron chi connectivity index (χ2n) is 5.76. The van der Waals surface area contributed by atoms with Crippen LogP contribution in [-0.2, 0) is 0 Å². The predicted molar refractivity (Wildman–Crippen MR) is 88.4 cm³/mol. The first-order valence-electron chi connectivity index (χ1n) is 6.65. The lowest BCUT2D eigenvalue weighted by atomic mass is 9.87. The summed E-state index contributed by atoms with van der Waals surface area (Å²) >= 11 is 7.08. The Morgan fingerprint density at radius 2 is 2.00 bits per heavy atom. The molecule has 1 rings (SSSR count). The molecule has 0 aliphatic carbocycles. The van der Waals surface area contributed by atoms with Gasteiger partial charge in [0.15, 0.2) is 0 Å². The second-order valence-corrected chi connectivity index (χ2v) is 7.53. The first-order chi connectivity index (χ1) is 8.85. The van der Waals surface area contributed by atoms with E-state index in [0.29, 0.717) is 6.04 Å². The summed E-state index contributed by atoms with van der Waals surface area (Å²) in [4.78, 5) is 0. The Morgan fingerprint density at radius 1 is 1.32 bits per heavy atom. The molecule has 0 aromatic heterocycles. The number of benzene rings is 1. The van der Waals surface area contributed by atoms with E-state index in [1.54, 1.807) is 0 Å². The minimum Gasteiger partial charge on any atom is -0.396 e. The van der Waals surface area contributed by atoms with Crippen LogP contribution in [0.2, 0.25) is 0 Å². The van der Waals surface area contributed by atoms with Crippen molar-refractivity contribution in [1.82, 2.24) is 5.32 Å². The molecule has 4 heteroatoms. The molecule has 1 aromatic rings. The molecular formula is C15H23Br2NO. The second kappa shape index (κ2) is 7.77. The fourth-order valence-corrected chi connectivity index (χ4v) is 3.43. The first-order valence-corrected chi connectivity index (χ1v) is 8.23. The Morgan fingerprint density at radius 3 is 2.58 bits per heavy atom. The molecule has 0 aliphatic heterocycles. The van der Waals surface area contributed by atoms with E-state index in [4.69, 9.17) is 5.11 Å². The number of rotatable bonds is 7. The summed E-state index contributed by atoms with van der Waals surface area (Å²) in [5.74, 6) is 0. The van der Waals surface area contributed by atoms with Gasteiger partial charge in [-0.25, -0.2) is 0 Å². The molecule has 108 valence electrons. The number of halogens is 2. The van der Waals surface area contributed by atoms with E-state index < -0.39 is 0 Å². The number of aliphatic hydroxyl groups excluding tert-OH is 1. The van der Waals surface area contributed by atoms with Crippen LogP contribution in [0.15, 0.2) is 27.1 Å². The van der Waals surface area contributed by atoms with Gasteiger partial charge in [0, 0.05) is 28.1 Å². The molecule has 19 heavy (non-hydrogen) atoms. The summed E-state index contributed by atoms with van der Waals surface area (Å²) < 4.78 is 2.20. The zero-order chi connectivity index (χ0) is 14.5. The summed E-state index contributed by atoms with van der Waals surface area (Å²) in [5, 5.41) is 12.5. The van der Waals surface area contributed by atoms with Crippen molar-refractivity contribution in [3.05, 3.63) is 32.7 Å². The van der Waals surface area contributed by atoms with Gasteiger partial charge in [-0.3, -0.25) is 0 Å². The van der Waals surface area contributed by atoms with Crippen molar-refractivity contribution < 1.29 is 5.11 Å². The molecule has 0 saturated carbocycles. The third kappa shape index (κ3) is 5.94. The smallest absolute Gasteiger partial charge is 0.0431 e. The van der Waals surface area contributed by atoms with Crippen LogP contribution in [0.1, 0.15) is 45.2 Å². The van der Waals surface area contributed by atoms with Crippen LogP contribution in [0.4, 0.5) is 0 Å². The molecule has 0 aliphatic rings. The van der Waals surface area contributed by atoms with E-state index in [0.717, 1.165) is 28.3 Å².